The molecule has 0 aromatic rings. The summed E-state index contributed by atoms with van der Waals surface area (Å²) in [5, 5.41) is 9.39. The van der Waals surface area contributed by atoms with Crippen molar-refractivity contribution in [3.8, 4) is 0 Å². The first kappa shape index (κ1) is 14.3. The van der Waals surface area contributed by atoms with Crippen molar-refractivity contribution >= 4 is 21.9 Å². The third-order valence-corrected chi connectivity index (χ3v) is 6.95. The minimum atomic E-state index is -3.73. The first-order chi connectivity index (χ1) is 8.57. The molecule has 2 fully saturated rings. The number of rotatable bonds is 2. The summed E-state index contributed by atoms with van der Waals surface area (Å²) >= 11 is 0. The fraction of sp³-hybridized carbons (Fsp3) is 0.833. The Labute approximate surface area is 112 Å². The number of carboxylic acid groups (broad SMARTS) is 1. The number of hydrogen-bond donors (Lipinski definition) is 1. The van der Waals surface area contributed by atoms with Crippen molar-refractivity contribution in [2.75, 3.05) is 0 Å². The van der Waals surface area contributed by atoms with E-state index in [1.807, 2.05) is 0 Å². The predicted molar refractivity (Wildman–Crippen MR) is 67.8 cm³/mol. The van der Waals surface area contributed by atoms with Crippen LogP contribution in [0.15, 0.2) is 0 Å². The average molecular weight is 289 g/mol. The standard InChI is InChI=1S/C12H19NO5S/c1-11(2)9(14)13(19(11,17)18)8-6-4-5-7-12(8,3)10(15)16/h8H,4-7H2,1-3H3,(H,15,16). The summed E-state index contributed by atoms with van der Waals surface area (Å²) < 4.78 is 23.8. The number of aliphatic carboxylic acids is 1. The van der Waals surface area contributed by atoms with Crippen LogP contribution < -0.4 is 0 Å². The fourth-order valence-corrected chi connectivity index (χ4v) is 4.74. The summed E-state index contributed by atoms with van der Waals surface area (Å²) in [5.41, 5.74) is -1.18. The summed E-state index contributed by atoms with van der Waals surface area (Å²) in [6, 6.07) is -0.760. The van der Waals surface area contributed by atoms with Gasteiger partial charge in [-0.05, 0) is 33.6 Å². The van der Waals surface area contributed by atoms with Crippen molar-refractivity contribution in [2.24, 2.45) is 5.41 Å². The second kappa shape index (κ2) is 3.94. The molecule has 1 saturated carbocycles. The minimum absolute atomic E-state index is 0.396. The molecule has 1 heterocycles. The molecular weight excluding hydrogens is 270 g/mol. The number of sulfonamides is 1. The normalized spacial score (nSPS) is 36.7. The lowest BCUT2D eigenvalue weighted by Crippen LogP contribution is -2.73. The molecule has 0 radical (unpaired) electrons. The minimum Gasteiger partial charge on any atom is -0.481 e. The monoisotopic (exact) mass is 289 g/mol. The van der Waals surface area contributed by atoms with Gasteiger partial charge in [0.05, 0.1) is 11.5 Å². The topological polar surface area (TPSA) is 91.8 Å². The molecule has 2 unspecified atom stereocenters. The van der Waals surface area contributed by atoms with Gasteiger partial charge in [0.15, 0.2) is 4.75 Å². The maximum atomic E-state index is 12.2. The summed E-state index contributed by atoms with van der Waals surface area (Å²) in [7, 11) is -3.73. The lowest BCUT2D eigenvalue weighted by Gasteiger charge is -2.52. The lowest BCUT2D eigenvalue weighted by atomic mass is 9.71. The number of hydrogen-bond acceptors (Lipinski definition) is 4. The van der Waals surface area contributed by atoms with Crippen LogP contribution in [0.2, 0.25) is 0 Å². The van der Waals surface area contributed by atoms with Gasteiger partial charge in [0.25, 0.3) is 15.9 Å². The summed E-state index contributed by atoms with van der Waals surface area (Å²) in [6.45, 7) is 4.26. The third kappa shape index (κ3) is 1.63. The van der Waals surface area contributed by atoms with Crippen LogP contribution in [0.5, 0.6) is 0 Å². The Bertz CT molecular complexity index is 538. The van der Waals surface area contributed by atoms with Crippen LogP contribution in [0.4, 0.5) is 0 Å². The summed E-state index contributed by atoms with van der Waals surface area (Å²) in [4.78, 5) is 23.5. The molecule has 2 atom stereocenters. The van der Waals surface area contributed by atoms with Crippen molar-refractivity contribution < 1.29 is 23.1 Å². The molecule has 0 aromatic carbocycles. The molecule has 1 aliphatic heterocycles. The zero-order chi connectivity index (χ0) is 14.6. The van der Waals surface area contributed by atoms with Crippen molar-refractivity contribution in [3.63, 3.8) is 0 Å². The molecular formula is C12H19NO5S. The van der Waals surface area contributed by atoms with Crippen LogP contribution in [0.25, 0.3) is 0 Å². The van der Waals surface area contributed by atoms with Crippen LogP contribution in [-0.4, -0.2) is 40.5 Å². The highest BCUT2D eigenvalue weighted by Gasteiger charge is 2.65. The van der Waals surface area contributed by atoms with Gasteiger partial charge in [0, 0.05) is 0 Å². The second-order valence-corrected chi connectivity index (χ2v) is 8.46. The predicted octanol–water partition coefficient (Wildman–Crippen LogP) is 0.970. The van der Waals surface area contributed by atoms with E-state index in [1.165, 1.54) is 20.8 Å². The Morgan fingerprint density at radius 1 is 1.32 bits per heavy atom. The first-order valence-corrected chi connectivity index (χ1v) is 7.82. The van der Waals surface area contributed by atoms with E-state index in [1.54, 1.807) is 0 Å². The number of carboxylic acids is 1. The Balaban J connectivity index is 2.42. The van der Waals surface area contributed by atoms with Crippen LogP contribution in [0.1, 0.15) is 46.5 Å². The molecule has 2 rings (SSSR count). The largest absolute Gasteiger partial charge is 0.481 e. The van der Waals surface area contributed by atoms with Crippen molar-refractivity contribution in [3.05, 3.63) is 0 Å². The first-order valence-electron chi connectivity index (χ1n) is 6.38. The molecule has 1 amide bonds. The van der Waals surface area contributed by atoms with E-state index < -0.39 is 38.1 Å². The van der Waals surface area contributed by atoms with Gasteiger partial charge in [-0.1, -0.05) is 12.8 Å². The average Bonchev–Trinajstić information content (AvgIpc) is 2.31. The highest BCUT2D eigenvalue weighted by atomic mass is 32.2. The Hall–Kier alpha value is -1.11. The number of carbonyl (C=O) groups excluding carboxylic acids is 1. The highest BCUT2D eigenvalue weighted by molar-refractivity contribution is 7.94. The van der Waals surface area contributed by atoms with E-state index in [4.69, 9.17) is 0 Å². The Kier molecular flexibility index (Phi) is 2.97. The molecule has 0 spiro atoms. The zero-order valence-electron chi connectivity index (χ0n) is 11.3. The molecule has 19 heavy (non-hydrogen) atoms. The van der Waals surface area contributed by atoms with Gasteiger partial charge in [0.2, 0.25) is 0 Å². The fourth-order valence-electron chi connectivity index (χ4n) is 2.94. The molecule has 1 saturated heterocycles. The van der Waals surface area contributed by atoms with Crippen LogP contribution >= 0.6 is 0 Å². The van der Waals surface area contributed by atoms with Crippen LogP contribution in [0.3, 0.4) is 0 Å². The summed E-state index contributed by atoms with van der Waals surface area (Å²) in [5.74, 6) is -1.53. The molecule has 1 aliphatic carbocycles. The molecule has 2 aliphatic rings. The zero-order valence-corrected chi connectivity index (χ0v) is 12.2. The number of nitrogens with zero attached hydrogens (tertiary/aromatic N) is 1. The Morgan fingerprint density at radius 3 is 2.37 bits per heavy atom. The van der Waals surface area contributed by atoms with E-state index >= 15 is 0 Å². The van der Waals surface area contributed by atoms with Gasteiger partial charge in [-0.25, -0.2) is 12.7 Å². The molecule has 1 N–H and O–H groups in total. The van der Waals surface area contributed by atoms with E-state index in [2.05, 4.69) is 0 Å². The lowest BCUT2D eigenvalue weighted by molar-refractivity contribution is -0.156. The van der Waals surface area contributed by atoms with Gasteiger partial charge in [-0.15, -0.1) is 0 Å². The molecule has 0 bridgehead atoms. The van der Waals surface area contributed by atoms with E-state index in [0.29, 0.717) is 12.8 Å². The smallest absolute Gasteiger partial charge is 0.311 e. The number of carbonyl (C=O) groups is 2. The van der Waals surface area contributed by atoms with Crippen LogP contribution in [0, 0.1) is 5.41 Å². The van der Waals surface area contributed by atoms with Gasteiger partial charge in [0.1, 0.15) is 0 Å². The highest BCUT2D eigenvalue weighted by Crippen LogP contribution is 2.47. The number of amides is 1. The van der Waals surface area contributed by atoms with Crippen molar-refractivity contribution in [1.29, 1.82) is 0 Å². The van der Waals surface area contributed by atoms with Gasteiger partial charge >= 0.3 is 5.97 Å². The van der Waals surface area contributed by atoms with Gasteiger partial charge in [-0.2, -0.15) is 0 Å². The van der Waals surface area contributed by atoms with E-state index in [0.717, 1.165) is 17.1 Å². The third-order valence-electron chi connectivity index (χ3n) is 4.55. The van der Waals surface area contributed by atoms with Gasteiger partial charge < -0.3 is 5.11 Å². The second-order valence-electron chi connectivity index (χ2n) is 6.10. The van der Waals surface area contributed by atoms with Crippen molar-refractivity contribution in [2.45, 2.75) is 57.2 Å². The molecule has 0 aromatic heterocycles. The molecule has 7 heteroatoms. The van der Waals surface area contributed by atoms with Crippen LogP contribution in [-0.2, 0) is 19.6 Å². The Morgan fingerprint density at radius 2 is 1.89 bits per heavy atom. The van der Waals surface area contributed by atoms with E-state index in [9.17, 15) is 23.1 Å². The SMILES string of the molecule is CC1(C(=O)O)CCCCC1N1C(=O)C(C)(C)S1(=O)=O. The van der Waals surface area contributed by atoms with Crippen molar-refractivity contribution in [1.82, 2.24) is 4.31 Å². The van der Waals surface area contributed by atoms with Gasteiger partial charge in [-0.3, -0.25) is 9.59 Å². The quantitative estimate of drug-likeness (QED) is 0.817. The summed E-state index contributed by atoms with van der Waals surface area (Å²) in [6.07, 6.45) is 2.30. The maximum absolute atomic E-state index is 12.2. The molecule has 108 valence electrons. The maximum Gasteiger partial charge on any atom is 0.311 e. The van der Waals surface area contributed by atoms with E-state index in [-0.39, 0.29) is 0 Å². The molecule has 6 nitrogen and oxygen atoms in total.